The van der Waals surface area contributed by atoms with E-state index >= 15 is 4.39 Å². The molecule has 49 heavy (non-hydrogen) atoms. The predicted octanol–water partition coefficient (Wildman–Crippen LogP) is 8.08. The number of rotatable bonds is 11. The predicted molar refractivity (Wildman–Crippen MR) is 191 cm³/mol. The fourth-order valence-electron chi connectivity index (χ4n) is 6.12. The lowest BCUT2D eigenvalue weighted by Crippen LogP contribution is -2.37. The van der Waals surface area contributed by atoms with Crippen LogP contribution in [0.3, 0.4) is 0 Å². The van der Waals surface area contributed by atoms with Gasteiger partial charge in [-0.05, 0) is 98.0 Å². The van der Waals surface area contributed by atoms with Gasteiger partial charge in [0.1, 0.15) is 17.3 Å². The summed E-state index contributed by atoms with van der Waals surface area (Å²) in [5, 5.41) is 19.4. The van der Waals surface area contributed by atoms with Gasteiger partial charge in [-0.3, -0.25) is 9.69 Å². The molecule has 2 heterocycles. The lowest BCUT2D eigenvalue weighted by atomic mass is 10.1. The number of amides is 3. The van der Waals surface area contributed by atoms with Gasteiger partial charge in [0.05, 0.1) is 17.3 Å². The van der Waals surface area contributed by atoms with Crippen LogP contribution in [-0.4, -0.2) is 51.7 Å². The average Bonchev–Trinajstić information content (AvgIpc) is 3.48. The van der Waals surface area contributed by atoms with Crippen LogP contribution in [0.2, 0.25) is 0 Å². The molecule has 10 heteroatoms. The van der Waals surface area contributed by atoms with Gasteiger partial charge in [0.25, 0.3) is 5.91 Å². The number of nitrogens with one attached hydrogen (secondary N) is 3. The number of nitrogens with zero attached hydrogens (tertiary/aromatic N) is 2. The Morgan fingerprint density at radius 3 is 2.29 bits per heavy atom. The van der Waals surface area contributed by atoms with Crippen LogP contribution in [0, 0.1) is 5.82 Å². The highest BCUT2D eigenvalue weighted by molar-refractivity contribution is 6.04. The zero-order chi connectivity index (χ0) is 34.3. The monoisotopic (exact) mass is 663 g/mol. The molecule has 5 aromatic rings. The summed E-state index contributed by atoms with van der Waals surface area (Å²) < 4.78 is 23.0. The molecule has 0 bridgehead atoms. The van der Waals surface area contributed by atoms with Gasteiger partial charge >= 0.3 is 6.03 Å². The van der Waals surface area contributed by atoms with Gasteiger partial charge < -0.3 is 30.4 Å². The molecule has 0 radical (unpaired) electrons. The fraction of sp³-hybridized carbons (Fsp3) is 0.282. The highest BCUT2D eigenvalue weighted by Crippen LogP contribution is 2.29. The van der Waals surface area contributed by atoms with E-state index in [4.69, 9.17) is 4.74 Å². The Hall–Kier alpha value is -5.19. The topological polar surface area (TPSA) is 108 Å². The van der Waals surface area contributed by atoms with Gasteiger partial charge in [-0.15, -0.1) is 0 Å². The zero-order valence-electron chi connectivity index (χ0n) is 27.8. The summed E-state index contributed by atoms with van der Waals surface area (Å²) in [6, 6.07) is 26.4. The lowest BCUT2D eigenvalue weighted by Gasteiger charge is -2.29. The number of likely N-dealkylation sites (tertiary alicyclic amines) is 1. The molecule has 254 valence electrons. The van der Waals surface area contributed by atoms with Crippen LogP contribution in [0.1, 0.15) is 55.5 Å². The van der Waals surface area contributed by atoms with E-state index in [2.05, 4.69) is 43.7 Å². The smallest absolute Gasteiger partial charge is 0.319 e. The fourth-order valence-corrected chi connectivity index (χ4v) is 6.12. The van der Waals surface area contributed by atoms with Crippen molar-refractivity contribution in [3.8, 4) is 17.2 Å². The van der Waals surface area contributed by atoms with E-state index in [1.807, 2.05) is 38.1 Å². The molecule has 0 unspecified atom stereocenters. The summed E-state index contributed by atoms with van der Waals surface area (Å²) in [5.41, 5.74) is 4.24. The van der Waals surface area contributed by atoms with Crippen LogP contribution in [0.5, 0.6) is 11.5 Å². The van der Waals surface area contributed by atoms with Crippen molar-refractivity contribution < 1.29 is 23.8 Å². The van der Waals surface area contributed by atoms with Crippen LogP contribution in [0.15, 0.2) is 97.2 Å². The number of carbonyl (C=O) groups is 2. The van der Waals surface area contributed by atoms with Crippen molar-refractivity contribution in [2.24, 2.45) is 0 Å². The van der Waals surface area contributed by atoms with E-state index in [-0.39, 0.29) is 29.6 Å². The molecule has 0 saturated carbocycles. The largest absolute Gasteiger partial charge is 0.457 e. The van der Waals surface area contributed by atoms with E-state index in [1.54, 1.807) is 42.5 Å². The number of hydrogen-bond acceptors (Lipinski definition) is 5. The number of piperidine rings is 1. The molecule has 4 N–H and O–H groups in total. The first-order valence-corrected chi connectivity index (χ1v) is 16.9. The van der Waals surface area contributed by atoms with E-state index in [9.17, 15) is 14.7 Å². The Labute approximate surface area is 285 Å². The molecule has 0 atom stereocenters. The molecule has 6 rings (SSSR count). The first-order chi connectivity index (χ1) is 23.8. The van der Waals surface area contributed by atoms with Crippen molar-refractivity contribution >= 4 is 34.2 Å². The molecular formula is C39H42FN5O4. The minimum atomic E-state index is -0.631. The maximum absolute atomic E-state index is 15.1. The summed E-state index contributed by atoms with van der Waals surface area (Å²) in [5.74, 6) is -0.325. The number of aromatic nitrogens is 1. The molecule has 1 aliphatic heterocycles. The Kier molecular flexibility index (Phi) is 10.6. The Morgan fingerprint density at radius 2 is 1.59 bits per heavy atom. The second-order valence-corrected chi connectivity index (χ2v) is 12.4. The zero-order valence-corrected chi connectivity index (χ0v) is 27.8. The number of ether oxygens (including phenoxy) is 1. The summed E-state index contributed by atoms with van der Waals surface area (Å²) in [6.07, 6.45) is 5.22. The van der Waals surface area contributed by atoms with Crippen molar-refractivity contribution in [1.82, 2.24) is 14.8 Å². The molecule has 1 saturated heterocycles. The second kappa shape index (κ2) is 15.4. The molecule has 0 spiro atoms. The molecular weight excluding hydrogens is 621 g/mol. The number of aliphatic hydroxyl groups excluding tert-OH is 1. The van der Waals surface area contributed by atoms with Crippen LogP contribution in [0.25, 0.3) is 16.6 Å². The van der Waals surface area contributed by atoms with Crippen LogP contribution in [-0.2, 0) is 6.54 Å². The summed E-state index contributed by atoms with van der Waals surface area (Å²) in [7, 11) is 0. The molecule has 1 aromatic heterocycles. The quantitative estimate of drug-likeness (QED) is 0.114. The van der Waals surface area contributed by atoms with E-state index in [1.165, 1.54) is 23.1 Å². The van der Waals surface area contributed by atoms with E-state index in [0.717, 1.165) is 56.5 Å². The molecule has 1 fully saturated rings. The molecule has 3 amide bonds. The number of urea groups is 1. The summed E-state index contributed by atoms with van der Waals surface area (Å²) in [4.78, 5) is 27.7. The van der Waals surface area contributed by atoms with Gasteiger partial charge in [0, 0.05) is 60.3 Å². The molecule has 4 aromatic carbocycles. The average molecular weight is 664 g/mol. The number of hydrogen-bond donors (Lipinski definition) is 4. The van der Waals surface area contributed by atoms with E-state index in [0.29, 0.717) is 17.0 Å². The number of carbonyl (C=O) groups excluding carboxylic acids is 2. The number of para-hydroxylation sites is 1. The number of benzene rings is 4. The van der Waals surface area contributed by atoms with Crippen LogP contribution >= 0.6 is 0 Å². The lowest BCUT2D eigenvalue weighted by molar-refractivity contribution is 0.0794. The minimum Gasteiger partial charge on any atom is -0.457 e. The van der Waals surface area contributed by atoms with Gasteiger partial charge in [0.15, 0.2) is 0 Å². The first kappa shape index (κ1) is 33.7. The van der Waals surface area contributed by atoms with Crippen molar-refractivity contribution in [2.45, 2.75) is 58.2 Å². The van der Waals surface area contributed by atoms with Gasteiger partial charge in [-0.25, -0.2) is 9.18 Å². The SMILES string of the molecule is CCC(CC)NC(=O)Nc1ccc(Oc2ccc(NC(=O)c3ccc(-n4cc(CN5CCC(O)CC5)c5ccccc54)cc3)c(F)c2)cc1. The number of aliphatic hydroxyl groups is 1. The minimum absolute atomic E-state index is 0.0377. The summed E-state index contributed by atoms with van der Waals surface area (Å²) >= 11 is 0. The van der Waals surface area contributed by atoms with Crippen molar-refractivity contribution in [2.75, 3.05) is 23.7 Å². The number of halogens is 1. The molecule has 1 aliphatic rings. The Balaban J connectivity index is 1.07. The van der Waals surface area contributed by atoms with E-state index < -0.39 is 11.7 Å². The van der Waals surface area contributed by atoms with Crippen molar-refractivity contribution in [1.29, 1.82) is 0 Å². The van der Waals surface area contributed by atoms with Crippen LogP contribution in [0.4, 0.5) is 20.6 Å². The van der Waals surface area contributed by atoms with Crippen LogP contribution < -0.4 is 20.7 Å². The third-order valence-electron chi connectivity index (χ3n) is 9.01. The number of fused-ring (bicyclic) bond motifs is 1. The molecule has 9 nitrogen and oxygen atoms in total. The standard InChI is InChI=1S/C39H42FN5O4/c1-3-28(4-2)41-39(48)42-29-11-15-32(16-12-29)49-33-17-18-36(35(40)23-33)43-38(47)26-9-13-30(14-10-26)45-25-27(34-7-5-6-8-37(34)45)24-44-21-19-31(46)20-22-44/h5-18,23,25,28,31,46H,3-4,19-22,24H2,1-2H3,(H,43,47)(H2,41,42,48). The highest BCUT2D eigenvalue weighted by Gasteiger charge is 2.19. The number of anilines is 2. The van der Waals surface area contributed by atoms with Gasteiger partial charge in [0.2, 0.25) is 0 Å². The third kappa shape index (κ3) is 8.28. The van der Waals surface area contributed by atoms with Crippen molar-refractivity contribution in [3.05, 3.63) is 114 Å². The third-order valence-corrected chi connectivity index (χ3v) is 9.01. The maximum atomic E-state index is 15.1. The summed E-state index contributed by atoms with van der Waals surface area (Å²) in [6.45, 7) is 6.59. The van der Waals surface area contributed by atoms with Gasteiger partial charge in [-0.1, -0.05) is 32.0 Å². The maximum Gasteiger partial charge on any atom is 0.319 e. The second-order valence-electron chi connectivity index (χ2n) is 12.4. The first-order valence-electron chi connectivity index (χ1n) is 16.9. The Morgan fingerprint density at radius 1 is 0.898 bits per heavy atom. The Bertz CT molecular complexity index is 1900. The molecule has 0 aliphatic carbocycles. The van der Waals surface area contributed by atoms with Crippen molar-refractivity contribution in [3.63, 3.8) is 0 Å². The highest BCUT2D eigenvalue weighted by atomic mass is 19.1. The van der Waals surface area contributed by atoms with Gasteiger partial charge in [-0.2, -0.15) is 0 Å². The normalized spacial score (nSPS) is 13.8.